The van der Waals surface area contributed by atoms with Gasteiger partial charge in [0.05, 0.1) is 18.5 Å². The zero-order valence-electron chi connectivity index (χ0n) is 20.0. The number of nitrogens with one attached hydrogen (secondary N) is 2. The van der Waals surface area contributed by atoms with Crippen LogP contribution in [-0.2, 0) is 7.05 Å². The SMILES string of the molecule is COc1cccc(-c2cc(C(=O)NCCNc3cc(-n4nc(C)cc4C)nc(C)n3)n(C)n2)c1. The van der Waals surface area contributed by atoms with Gasteiger partial charge in [-0.2, -0.15) is 10.2 Å². The van der Waals surface area contributed by atoms with E-state index in [9.17, 15) is 4.79 Å². The van der Waals surface area contributed by atoms with E-state index in [0.29, 0.717) is 41.9 Å². The van der Waals surface area contributed by atoms with Gasteiger partial charge in [-0.05, 0) is 45.0 Å². The average molecular weight is 461 g/mol. The third-order valence-electron chi connectivity index (χ3n) is 5.25. The summed E-state index contributed by atoms with van der Waals surface area (Å²) in [6, 6.07) is 13.2. The lowest BCUT2D eigenvalue weighted by Crippen LogP contribution is -2.30. The van der Waals surface area contributed by atoms with E-state index >= 15 is 0 Å². The van der Waals surface area contributed by atoms with E-state index in [0.717, 1.165) is 22.7 Å². The summed E-state index contributed by atoms with van der Waals surface area (Å²) in [4.78, 5) is 21.6. The Labute approximate surface area is 198 Å². The lowest BCUT2D eigenvalue weighted by atomic mass is 10.1. The van der Waals surface area contributed by atoms with E-state index in [4.69, 9.17) is 4.74 Å². The molecule has 0 bridgehead atoms. The second-order valence-electron chi connectivity index (χ2n) is 7.95. The van der Waals surface area contributed by atoms with Crippen molar-refractivity contribution in [3.8, 4) is 22.8 Å². The van der Waals surface area contributed by atoms with Gasteiger partial charge in [-0.15, -0.1) is 0 Å². The molecule has 0 radical (unpaired) electrons. The molecule has 10 heteroatoms. The summed E-state index contributed by atoms with van der Waals surface area (Å²) >= 11 is 0. The lowest BCUT2D eigenvalue weighted by molar-refractivity contribution is 0.0945. The van der Waals surface area contributed by atoms with Crippen LogP contribution in [-0.4, -0.2) is 55.6 Å². The summed E-state index contributed by atoms with van der Waals surface area (Å²) in [5.41, 5.74) is 3.99. The van der Waals surface area contributed by atoms with Gasteiger partial charge in [-0.25, -0.2) is 14.6 Å². The molecule has 0 saturated carbocycles. The van der Waals surface area contributed by atoms with Crippen LogP contribution in [0.25, 0.3) is 17.1 Å². The molecule has 0 aliphatic heterocycles. The number of anilines is 1. The maximum atomic E-state index is 12.7. The van der Waals surface area contributed by atoms with Gasteiger partial charge in [0.25, 0.3) is 5.91 Å². The van der Waals surface area contributed by atoms with Crippen molar-refractivity contribution in [3.05, 3.63) is 65.4 Å². The van der Waals surface area contributed by atoms with Crippen molar-refractivity contribution in [2.75, 3.05) is 25.5 Å². The van der Waals surface area contributed by atoms with Crippen molar-refractivity contribution in [3.63, 3.8) is 0 Å². The van der Waals surface area contributed by atoms with Crippen LogP contribution in [0.15, 0.2) is 42.5 Å². The minimum atomic E-state index is -0.201. The second-order valence-corrected chi connectivity index (χ2v) is 7.95. The number of hydrogen-bond acceptors (Lipinski definition) is 7. The summed E-state index contributed by atoms with van der Waals surface area (Å²) in [6.07, 6.45) is 0. The van der Waals surface area contributed by atoms with E-state index < -0.39 is 0 Å². The molecule has 1 aromatic carbocycles. The van der Waals surface area contributed by atoms with E-state index in [1.807, 2.05) is 57.2 Å². The fraction of sp³-hybridized carbons (Fsp3) is 0.292. The maximum Gasteiger partial charge on any atom is 0.269 e. The number of methoxy groups -OCH3 is 1. The molecule has 0 atom stereocenters. The summed E-state index contributed by atoms with van der Waals surface area (Å²) in [7, 11) is 3.37. The van der Waals surface area contributed by atoms with Crippen molar-refractivity contribution in [2.45, 2.75) is 20.8 Å². The Balaban J connectivity index is 1.37. The van der Waals surface area contributed by atoms with Crippen LogP contribution in [0.1, 0.15) is 27.7 Å². The Hall–Kier alpha value is -4.21. The Kier molecular flexibility index (Phi) is 6.58. The number of aromatic nitrogens is 6. The molecule has 0 unspecified atom stereocenters. The average Bonchev–Trinajstić information content (AvgIpc) is 3.37. The van der Waals surface area contributed by atoms with Gasteiger partial charge in [0.15, 0.2) is 5.82 Å². The third-order valence-corrected chi connectivity index (χ3v) is 5.25. The number of benzene rings is 1. The molecular formula is C24H28N8O2. The summed E-state index contributed by atoms with van der Waals surface area (Å²) in [5, 5.41) is 15.1. The summed E-state index contributed by atoms with van der Waals surface area (Å²) < 4.78 is 8.64. The van der Waals surface area contributed by atoms with Crippen LogP contribution in [0.4, 0.5) is 5.82 Å². The van der Waals surface area contributed by atoms with Crippen molar-refractivity contribution in [1.29, 1.82) is 0 Å². The number of carbonyl (C=O) groups is 1. The van der Waals surface area contributed by atoms with Crippen molar-refractivity contribution in [2.24, 2.45) is 7.05 Å². The quantitative estimate of drug-likeness (QED) is 0.389. The zero-order chi connectivity index (χ0) is 24.2. The fourth-order valence-corrected chi connectivity index (χ4v) is 3.67. The number of ether oxygens (including phenoxy) is 1. The van der Waals surface area contributed by atoms with E-state index in [2.05, 4.69) is 30.8 Å². The Morgan fingerprint density at radius 2 is 1.85 bits per heavy atom. The van der Waals surface area contributed by atoms with Crippen LogP contribution in [0.3, 0.4) is 0 Å². The Bertz CT molecular complexity index is 1320. The first kappa shape index (κ1) is 23.0. The van der Waals surface area contributed by atoms with Gasteiger partial charge in [-0.1, -0.05) is 12.1 Å². The highest BCUT2D eigenvalue weighted by Gasteiger charge is 2.14. The highest BCUT2D eigenvalue weighted by atomic mass is 16.5. The van der Waals surface area contributed by atoms with Crippen molar-refractivity contribution < 1.29 is 9.53 Å². The summed E-state index contributed by atoms with van der Waals surface area (Å²) in [6.45, 7) is 6.68. The maximum absolute atomic E-state index is 12.7. The molecule has 0 aliphatic rings. The smallest absolute Gasteiger partial charge is 0.269 e. The summed E-state index contributed by atoms with van der Waals surface area (Å²) in [5.74, 6) is 2.54. The van der Waals surface area contributed by atoms with Gasteiger partial charge in [0.2, 0.25) is 0 Å². The zero-order valence-corrected chi connectivity index (χ0v) is 20.0. The molecule has 0 aliphatic carbocycles. The molecule has 34 heavy (non-hydrogen) atoms. The molecule has 3 aromatic heterocycles. The molecule has 0 spiro atoms. The van der Waals surface area contributed by atoms with E-state index in [1.165, 1.54) is 0 Å². The molecule has 3 heterocycles. The van der Waals surface area contributed by atoms with Crippen LogP contribution >= 0.6 is 0 Å². The third kappa shape index (κ3) is 5.06. The predicted molar refractivity (Wildman–Crippen MR) is 129 cm³/mol. The monoisotopic (exact) mass is 460 g/mol. The standard InChI is InChI=1S/C24H28N8O2/c1-15-11-16(2)32(29-15)23-14-22(27-17(3)28-23)25-9-10-26-24(33)21-13-20(30-31(21)4)18-7-6-8-19(12-18)34-5/h6-8,11-14H,9-10H2,1-5H3,(H,26,33)(H,25,27,28). The molecule has 4 rings (SSSR count). The Morgan fingerprint density at radius 3 is 2.59 bits per heavy atom. The number of nitrogens with zero attached hydrogens (tertiary/aromatic N) is 6. The normalized spacial score (nSPS) is 10.9. The molecule has 1 amide bonds. The number of rotatable bonds is 8. The predicted octanol–water partition coefficient (Wildman–Crippen LogP) is 2.84. The number of aryl methyl sites for hydroxylation is 4. The fourth-order valence-electron chi connectivity index (χ4n) is 3.67. The molecule has 176 valence electrons. The van der Waals surface area contributed by atoms with Crippen LogP contribution in [0.2, 0.25) is 0 Å². The van der Waals surface area contributed by atoms with Crippen molar-refractivity contribution >= 4 is 11.7 Å². The van der Waals surface area contributed by atoms with Crippen LogP contribution in [0, 0.1) is 20.8 Å². The van der Waals surface area contributed by atoms with Gasteiger partial charge >= 0.3 is 0 Å². The van der Waals surface area contributed by atoms with Gasteiger partial charge < -0.3 is 15.4 Å². The lowest BCUT2D eigenvalue weighted by Gasteiger charge is -2.10. The van der Waals surface area contributed by atoms with Gasteiger partial charge in [0, 0.05) is 37.5 Å². The number of hydrogen-bond donors (Lipinski definition) is 2. The van der Waals surface area contributed by atoms with Crippen LogP contribution < -0.4 is 15.4 Å². The first-order valence-electron chi connectivity index (χ1n) is 10.9. The highest BCUT2D eigenvalue weighted by molar-refractivity contribution is 5.93. The molecule has 0 fully saturated rings. The second kappa shape index (κ2) is 9.74. The topological polar surface area (TPSA) is 112 Å². The minimum absolute atomic E-state index is 0.201. The first-order chi connectivity index (χ1) is 16.3. The number of carbonyl (C=O) groups excluding carboxylic acids is 1. The largest absolute Gasteiger partial charge is 0.497 e. The molecule has 2 N–H and O–H groups in total. The molecule has 0 saturated heterocycles. The highest BCUT2D eigenvalue weighted by Crippen LogP contribution is 2.23. The molecular weight excluding hydrogens is 432 g/mol. The molecule has 4 aromatic rings. The first-order valence-corrected chi connectivity index (χ1v) is 10.9. The van der Waals surface area contributed by atoms with Gasteiger partial charge in [-0.3, -0.25) is 9.48 Å². The van der Waals surface area contributed by atoms with E-state index in [-0.39, 0.29) is 5.91 Å². The van der Waals surface area contributed by atoms with E-state index in [1.54, 1.807) is 29.6 Å². The van der Waals surface area contributed by atoms with Crippen LogP contribution in [0.5, 0.6) is 5.75 Å². The molecule has 10 nitrogen and oxygen atoms in total. The Morgan fingerprint density at radius 1 is 1.03 bits per heavy atom. The van der Waals surface area contributed by atoms with Gasteiger partial charge in [0.1, 0.15) is 23.1 Å². The van der Waals surface area contributed by atoms with Crippen molar-refractivity contribution in [1.82, 2.24) is 34.8 Å². The minimum Gasteiger partial charge on any atom is -0.497 e. The number of amides is 1.